The number of ketones is 1. The number of para-hydroxylation sites is 2. The molecule has 2 heterocycles. The van der Waals surface area contributed by atoms with Crippen LogP contribution in [0.15, 0.2) is 59.0 Å². The Balaban J connectivity index is 0.000000338. The predicted molar refractivity (Wildman–Crippen MR) is 173 cm³/mol. The molecule has 2 fully saturated rings. The smallest absolute Gasteiger partial charge is 0.266 e. The van der Waals surface area contributed by atoms with Crippen LogP contribution < -0.4 is 11.1 Å². The zero-order valence-corrected chi connectivity index (χ0v) is 26.2. The molecule has 1 unspecified atom stereocenters. The second-order valence-electron chi connectivity index (χ2n) is 11.5. The van der Waals surface area contributed by atoms with Crippen molar-refractivity contribution in [3.8, 4) is 0 Å². The first-order valence-electron chi connectivity index (χ1n) is 16.3. The minimum Gasteiger partial charge on any atom is -0.434 e. The van der Waals surface area contributed by atoms with Crippen LogP contribution in [0.25, 0.3) is 11.1 Å². The summed E-state index contributed by atoms with van der Waals surface area (Å²) < 4.78 is 5.45. The summed E-state index contributed by atoms with van der Waals surface area (Å²) in [5.74, 6) is -0.106. The number of nitrogens with zero attached hydrogens (tertiary/aromatic N) is 2. The molecule has 0 radical (unpaired) electrons. The van der Waals surface area contributed by atoms with E-state index in [0.29, 0.717) is 43.0 Å². The largest absolute Gasteiger partial charge is 0.434 e. The van der Waals surface area contributed by atoms with Gasteiger partial charge in [-0.3, -0.25) is 14.4 Å². The van der Waals surface area contributed by atoms with Gasteiger partial charge in [-0.1, -0.05) is 75.1 Å². The van der Waals surface area contributed by atoms with E-state index in [2.05, 4.69) is 17.2 Å². The Labute approximate surface area is 261 Å². The number of fused-ring (bicyclic) bond motifs is 1. The van der Waals surface area contributed by atoms with Crippen molar-refractivity contribution in [2.45, 2.75) is 90.0 Å². The van der Waals surface area contributed by atoms with Crippen molar-refractivity contribution in [3.63, 3.8) is 0 Å². The van der Waals surface area contributed by atoms with Crippen LogP contribution in [0.1, 0.15) is 93.8 Å². The minimum atomic E-state index is -0.527. The Morgan fingerprint density at radius 1 is 0.977 bits per heavy atom. The summed E-state index contributed by atoms with van der Waals surface area (Å²) in [5, 5.41) is 11.3. The molecule has 240 valence electrons. The lowest BCUT2D eigenvalue weighted by Gasteiger charge is -2.24. The highest BCUT2D eigenvalue weighted by Gasteiger charge is 2.34. The highest BCUT2D eigenvalue weighted by Crippen LogP contribution is 2.22. The first kappa shape index (κ1) is 34.9. The normalized spacial score (nSPS) is 16.4. The molecule has 2 aliphatic rings. The fourth-order valence-corrected chi connectivity index (χ4v) is 5.50. The molecular weight excluding hydrogens is 556 g/mol. The third-order valence-electron chi connectivity index (χ3n) is 8.07. The molecule has 1 aromatic heterocycles. The number of benzene rings is 2. The fraction of sp³-hybridized carbons (Fsp3) is 0.543. The SMILES string of the molecule is CCCCN.O=C(CNC(=O)C1CCCN1C(=O)CCCc1ccccc1)c1nc2ccccc2o1.OCC1CCCCC1. The van der Waals surface area contributed by atoms with Gasteiger partial charge in [0, 0.05) is 19.6 Å². The van der Waals surface area contributed by atoms with E-state index < -0.39 is 11.8 Å². The summed E-state index contributed by atoms with van der Waals surface area (Å²) in [6.07, 6.45) is 12.3. The monoisotopic (exact) mass is 606 g/mol. The van der Waals surface area contributed by atoms with E-state index in [1.807, 2.05) is 36.4 Å². The van der Waals surface area contributed by atoms with Crippen LogP contribution in [0.3, 0.4) is 0 Å². The molecule has 2 amide bonds. The number of rotatable bonds is 11. The molecule has 5 rings (SSSR count). The van der Waals surface area contributed by atoms with Gasteiger partial charge < -0.3 is 25.5 Å². The van der Waals surface area contributed by atoms with Crippen LogP contribution in [0.5, 0.6) is 0 Å². The van der Waals surface area contributed by atoms with Gasteiger partial charge in [-0.05, 0) is 75.1 Å². The molecule has 1 aliphatic heterocycles. The number of aromatic nitrogens is 1. The Kier molecular flexibility index (Phi) is 15.6. The minimum absolute atomic E-state index is 0.0149. The van der Waals surface area contributed by atoms with Crippen LogP contribution in [-0.4, -0.2) is 64.9 Å². The average molecular weight is 607 g/mol. The van der Waals surface area contributed by atoms with Gasteiger partial charge in [0.05, 0.1) is 6.54 Å². The van der Waals surface area contributed by atoms with Gasteiger partial charge in [0.25, 0.3) is 5.89 Å². The molecule has 1 aliphatic carbocycles. The number of oxazole rings is 1. The second kappa shape index (κ2) is 19.7. The third-order valence-corrected chi connectivity index (χ3v) is 8.07. The maximum absolute atomic E-state index is 12.7. The maximum Gasteiger partial charge on any atom is 0.266 e. The van der Waals surface area contributed by atoms with Crippen LogP contribution in [0.4, 0.5) is 0 Å². The number of hydrogen-bond acceptors (Lipinski definition) is 7. The van der Waals surface area contributed by atoms with Gasteiger partial charge in [-0.25, -0.2) is 4.98 Å². The first-order chi connectivity index (χ1) is 21.5. The molecule has 44 heavy (non-hydrogen) atoms. The van der Waals surface area contributed by atoms with Gasteiger partial charge >= 0.3 is 0 Å². The highest BCUT2D eigenvalue weighted by molar-refractivity contribution is 5.98. The quantitative estimate of drug-likeness (QED) is 0.247. The number of carbonyl (C=O) groups is 3. The Bertz CT molecular complexity index is 1240. The van der Waals surface area contributed by atoms with E-state index in [1.165, 1.54) is 50.5 Å². The lowest BCUT2D eigenvalue weighted by molar-refractivity contribution is -0.138. The number of likely N-dealkylation sites (tertiary alicyclic amines) is 1. The molecule has 0 spiro atoms. The number of aliphatic hydroxyl groups is 1. The first-order valence-corrected chi connectivity index (χ1v) is 16.3. The Morgan fingerprint density at radius 3 is 2.34 bits per heavy atom. The van der Waals surface area contributed by atoms with Crippen molar-refractivity contribution >= 4 is 28.7 Å². The average Bonchev–Trinajstić information content (AvgIpc) is 3.74. The summed E-state index contributed by atoms with van der Waals surface area (Å²) in [7, 11) is 0. The van der Waals surface area contributed by atoms with Gasteiger partial charge in [0.15, 0.2) is 5.58 Å². The number of nitrogens with two attached hydrogens (primary N) is 1. The van der Waals surface area contributed by atoms with Gasteiger partial charge in [0.2, 0.25) is 17.6 Å². The lowest BCUT2D eigenvalue weighted by atomic mass is 9.90. The molecule has 1 atom stereocenters. The number of aryl methyl sites for hydroxylation is 1. The fourth-order valence-electron chi connectivity index (χ4n) is 5.50. The zero-order valence-electron chi connectivity index (χ0n) is 26.2. The van der Waals surface area contributed by atoms with E-state index in [4.69, 9.17) is 15.3 Å². The van der Waals surface area contributed by atoms with Crippen LogP contribution >= 0.6 is 0 Å². The summed E-state index contributed by atoms with van der Waals surface area (Å²) in [5.41, 5.74) is 7.46. The van der Waals surface area contributed by atoms with Gasteiger partial charge in [-0.2, -0.15) is 0 Å². The third kappa shape index (κ3) is 11.5. The van der Waals surface area contributed by atoms with Crippen molar-refractivity contribution in [1.29, 1.82) is 0 Å². The molecule has 9 nitrogen and oxygen atoms in total. The predicted octanol–water partition coefficient (Wildman–Crippen LogP) is 5.44. The molecular formula is C35H50N4O5. The molecule has 3 aromatic rings. The summed E-state index contributed by atoms with van der Waals surface area (Å²) in [6, 6.07) is 16.6. The standard InChI is InChI=1S/C24H25N3O4.C7H14O.C4H11N/c28-20(24-26-18-11-4-5-13-21(18)31-24)16-25-23(30)19-12-7-15-27(19)22(29)14-6-10-17-8-2-1-3-9-17;8-6-7-4-2-1-3-5-7;1-2-3-4-5/h1-5,8-9,11,13,19H,6-7,10,12,14-16H2,(H,25,30);7-8H,1-6H2;2-5H2,1H3. The number of hydrogen-bond donors (Lipinski definition) is 3. The van der Waals surface area contributed by atoms with Crippen molar-refractivity contribution in [2.75, 3.05) is 26.2 Å². The molecule has 0 bridgehead atoms. The number of Topliss-reactive ketones (excluding diaryl/α,β-unsaturated/α-hetero) is 1. The Hall–Kier alpha value is -3.56. The van der Waals surface area contributed by atoms with E-state index in [9.17, 15) is 14.4 Å². The number of aliphatic hydroxyl groups excluding tert-OH is 1. The van der Waals surface area contributed by atoms with Gasteiger partial charge in [0.1, 0.15) is 11.6 Å². The van der Waals surface area contributed by atoms with Crippen molar-refractivity contribution in [2.24, 2.45) is 11.7 Å². The van der Waals surface area contributed by atoms with Crippen molar-refractivity contribution in [3.05, 3.63) is 66.1 Å². The molecule has 4 N–H and O–H groups in total. The van der Waals surface area contributed by atoms with Gasteiger partial charge in [-0.15, -0.1) is 0 Å². The van der Waals surface area contributed by atoms with E-state index in [-0.39, 0.29) is 24.2 Å². The van der Waals surface area contributed by atoms with Crippen molar-refractivity contribution in [1.82, 2.24) is 15.2 Å². The van der Waals surface area contributed by atoms with Crippen LogP contribution in [0, 0.1) is 5.92 Å². The van der Waals surface area contributed by atoms with Crippen LogP contribution in [0.2, 0.25) is 0 Å². The molecule has 9 heteroatoms. The molecule has 2 aromatic carbocycles. The number of amides is 2. The maximum atomic E-state index is 12.7. The summed E-state index contributed by atoms with van der Waals surface area (Å²) in [4.78, 5) is 43.5. The lowest BCUT2D eigenvalue weighted by Crippen LogP contribution is -2.47. The Morgan fingerprint density at radius 2 is 1.70 bits per heavy atom. The topological polar surface area (TPSA) is 139 Å². The van der Waals surface area contributed by atoms with Crippen LogP contribution in [-0.2, 0) is 16.0 Å². The van der Waals surface area contributed by atoms with E-state index >= 15 is 0 Å². The van der Waals surface area contributed by atoms with E-state index in [1.54, 1.807) is 23.1 Å². The zero-order chi connectivity index (χ0) is 31.6. The van der Waals surface area contributed by atoms with Crippen molar-refractivity contribution < 1.29 is 23.9 Å². The summed E-state index contributed by atoms with van der Waals surface area (Å²) >= 11 is 0. The second-order valence-corrected chi connectivity index (χ2v) is 11.5. The number of nitrogens with one attached hydrogen (secondary N) is 1. The summed E-state index contributed by atoms with van der Waals surface area (Å²) in [6.45, 7) is 3.75. The number of unbranched alkanes of at least 4 members (excludes halogenated alkanes) is 1. The van der Waals surface area contributed by atoms with E-state index in [0.717, 1.165) is 25.8 Å². The highest BCUT2D eigenvalue weighted by atomic mass is 16.4. The number of carbonyl (C=O) groups excluding carboxylic acids is 3. The molecule has 1 saturated carbocycles. The molecule has 1 saturated heterocycles.